The average Bonchev–Trinajstić information content (AvgIpc) is 2.42. The first-order valence-electron chi connectivity index (χ1n) is 6.39. The van der Waals surface area contributed by atoms with Crippen molar-refractivity contribution in [2.75, 3.05) is 14.2 Å². The molecular weight excluding hydrogens is 236 g/mol. The lowest BCUT2D eigenvalue weighted by molar-refractivity contribution is 0.411. The van der Waals surface area contributed by atoms with Crippen LogP contribution in [0.4, 0.5) is 0 Å². The summed E-state index contributed by atoms with van der Waals surface area (Å²) in [4.78, 5) is 4.23. The lowest BCUT2D eigenvalue weighted by Crippen LogP contribution is -2.19. The van der Waals surface area contributed by atoms with Crippen LogP contribution in [0.1, 0.15) is 28.3 Å². The summed E-state index contributed by atoms with van der Waals surface area (Å²) in [5, 5.41) is 3.35. The predicted molar refractivity (Wildman–Crippen MR) is 77.6 cm³/mol. The summed E-state index contributed by atoms with van der Waals surface area (Å²) in [6, 6.07) is 8.66. The Bertz CT molecular complexity index is 566. The molecule has 1 atom stereocenters. The molecule has 1 aromatic carbocycles. The minimum absolute atomic E-state index is 0.128. The van der Waals surface area contributed by atoms with E-state index in [4.69, 9.17) is 4.74 Å². The van der Waals surface area contributed by atoms with Gasteiger partial charge in [-0.25, -0.2) is 0 Å². The highest BCUT2D eigenvalue weighted by atomic mass is 16.5. The normalized spacial score (nSPS) is 12.2. The minimum Gasteiger partial charge on any atom is -0.495 e. The molecule has 0 saturated heterocycles. The van der Waals surface area contributed by atoms with Crippen molar-refractivity contribution in [1.29, 1.82) is 0 Å². The van der Waals surface area contributed by atoms with Crippen LogP contribution in [0.25, 0.3) is 0 Å². The van der Waals surface area contributed by atoms with Crippen LogP contribution in [0.15, 0.2) is 36.7 Å². The van der Waals surface area contributed by atoms with Crippen LogP contribution in [-0.4, -0.2) is 19.1 Å². The molecule has 3 nitrogen and oxygen atoms in total. The fraction of sp³-hybridized carbons (Fsp3) is 0.312. The monoisotopic (exact) mass is 256 g/mol. The average molecular weight is 256 g/mol. The van der Waals surface area contributed by atoms with Gasteiger partial charge in [0.2, 0.25) is 0 Å². The highest BCUT2D eigenvalue weighted by Crippen LogP contribution is 2.26. The second-order valence-corrected chi connectivity index (χ2v) is 4.74. The maximum Gasteiger partial charge on any atom is 0.137 e. The molecule has 1 unspecified atom stereocenters. The van der Waals surface area contributed by atoms with E-state index < -0.39 is 0 Å². The number of hydrogen-bond donors (Lipinski definition) is 1. The van der Waals surface area contributed by atoms with Gasteiger partial charge in [0.1, 0.15) is 5.75 Å². The van der Waals surface area contributed by atoms with Crippen molar-refractivity contribution in [3.8, 4) is 5.75 Å². The van der Waals surface area contributed by atoms with E-state index in [1.165, 1.54) is 16.7 Å². The van der Waals surface area contributed by atoms with Crippen LogP contribution in [0.2, 0.25) is 0 Å². The molecule has 0 saturated carbocycles. The van der Waals surface area contributed by atoms with Crippen molar-refractivity contribution < 1.29 is 4.74 Å². The number of ether oxygens (including phenoxy) is 1. The van der Waals surface area contributed by atoms with Crippen LogP contribution in [0, 0.1) is 13.8 Å². The molecule has 0 bridgehead atoms. The number of rotatable bonds is 4. The standard InChI is InChI=1S/C16H20N2O/c1-11-5-6-15(12(2)7-11)16(17-3)13-8-14(19-4)10-18-9-13/h5-10,16-17H,1-4H3. The van der Waals surface area contributed by atoms with E-state index in [1.54, 1.807) is 13.3 Å². The minimum atomic E-state index is 0.128. The fourth-order valence-electron chi connectivity index (χ4n) is 2.36. The summed E-state index contributed by atoms with van der Waals surface area (Å²) in [5.74, 6) is 0.780. The molecule has 2 rings (SSSR count). The molecule has 0 aliphatic rings. The largest absolute Gasteiger partial charge is 0.495 e. The second-order valence-electron chi connectivity index (χ2n) is 4.74. The van der Waals surface area contributed by atoms with E-state index in [1.807, 2.05) is 19.3 Å². The van der Waals surface area contributed by atoms with E-state index in [2.05, 4.69) is 42.3 Å². The molecule has 0 amide bonds. The first-order valence-corrected chi connectivity index (χ1v) is 6.39. The van der Waals surface area contributed by atoms with Gasteiger partial charge >= 0.3 is 0 Å². The van der Waals surface area contributed by atoms with Crippen LogP contribution in [0.5, 0.6) is 5.75 Å². The first kappa shape index (κ1) is 13.6. The van der Waals surface area contributed by atoms with E-state index >= 15 is 0 Å². The highest BCUT2D eigenvalue weighted by molar-refractivity contribution is 5.39. The second kappa shape index (κ2) is 5.85. The SMILES string of the molecule is CNC(c1cncc(OC)c1)c1ccc(C)cc1C. The predicted octanol–water partition coefficient (Wildman–Crippen LogP) is 3.02. The molecule has 0 radical (unpaired) electrons. The molecule has 1 heterocycles. The summed E-state index contributed by atoms with van der Waals surface area (Å²) in [6.45, 7) is 4.25. The van der Waals surface area contributed by atoms with Gasteiger partial charge in [0.15, 0.2) is 0 Å². The topological polar surface area (TPSA) is 34.2 Å². The van der Waals surface area contributed by atoms with Gasteiger partial charge in [-0.3, -0.25) is 4.98 Å². The number of hydrogen-bond acceptors (Lipinski definition) is 3. The Morgan fingerprint density at radius 2 is 1.95 bits per heavy atom. The van der Waals surface area contributed by atoms with E-state index in [0.717, 1.165) is 11.3 Å². The van der Waals surface area contributed by atoms with Gasteiger partial charge in [-0.2, -0.15) is 0 Å². The van der Waals surface area contributed by atoms with Crippen molar-refractivity contribution in [3.05, 3.63) is 58.9 Å². The first-order chi connectivity index (χ1) is 9.15. The van der Waals surface area contributed by atoms with Gasteiger partial charge in [-0.15, -0.1) is 0 Å². The Kier molecular flexibility index (Phi) is 4.17. The summed E-state index contributed by atoms with van der Waals surface area (Å²) in [6.07, 6.45) is 3.60. The maximum absolute atomic E-state index is 5.24. The number of methoxy groups -OCH3 is 1. The number of benzene rings is 1. The van der Waals surface area contributed by atoms with Gasteiger partial charge in [0, 0.05) is 6.20 Å². The van der Waals surface area contributed by atoms with Gasteiger partial charge in [-0.1, -0.05) is 23.8 Å². The van der Waals surface area contributed by atoms with Gasteiger partial charge < -0.3 is 10.1 Å². The summed E-state index contributed by atoms with van der Waals surface area (Å²) in [7, 11) is 3.62. The third-order valence-electron chi connectivity index (χ3n) is 3.33. The highest BCUT2D eigenvalue weighted by Gasteiger charge is 2.15. The molecule has 100 valence electrons. The molecule has 2 aromatic rings. The maximum atomic E-state index is 5.24. The lowest BCUT2D eigenvalue weighted by Gasteiger charge is -2.20. The van der Waals surface area contributed by atoms with Crippen LogP contribution in [-0.2, 0) is 0 Å². The quantitative estimate of drug-likeness (QED) is 0.913. The Morgan fingerprint density at radius 1 is 1.16 bits per heavy atom. The molecule has 3 heteroatoms. The number of nitrogens with zero attached hydrogens (tertiary/aromatic N) is 1. The van der Waals surface area contributed by atoms with Crippen molar-refractivity contribution >= 4 is 0 Å². The zero-order valence-electron chi connectivity index (χ0n) is 11.9. The van der Waals surface area contributed by atoms with Gasteiger partial charge in [-0.05, 0) is 43.7 Å². The zero-order chi connectivity index (χ0) is 13.8. The molecule has 19 heavy (non-hydrogen) atoms. The Morgan fingerprint density at radius 3 is 2.58 bits per heavy atom. The summed E-state index contributed by atoms with van der Waals surface area (Å²) >= 11 is 0. The molecule has 1 aromatic heterocycles. The van der Waals surface area contributed by atoms with Crippen LogP contribution < -0.4 is 10.1 Å². The lowest BCUT2D eigenvalue weighted by atomic mass is 9.95. The van der Waals surface area contributed by atoms with Gasteiger partial charge in [0.25, 0.3) is 0 Å². The van der Waals surface area contributed by atoms with Crippen molar-refractivity contribution in [3.63, 3.8) is 0 Å². The van der Waals surface area contributed by atoms with E-state index in [9.17, 15) is 0 Å². The van der Waals surface area contributed by atoms with Crippen LogP contribution in [0.3, 0.4) is 0 Å². The number of pyridine rings is 1. The molecule has 0 aliphatic heterocycles. The third kappa shape index (κ3) is 2.93. The van der Waals surface area contributed by atoms with Crippen molar-refractivity contribution in [2.45, 2.75) is 19.9 Å². The summed E-state index contributed by atoms with van der Waals surface area (Å²) < 4.78 is 5.24. The van der Waals surface area contributed by atoms with Crippen molar-refractivity contribution in [2.24, 2.45) is 0 Å². The summed E-state index contributed by atoms with van der Waals surface area (Å²) in [5.41, 5.74) is 4.93. The Hall–Kier alpha value is -1.87. The molecular formula is C16H20N2O. The zero-order valence-corrected chi connectivity index (χ0v) is 11.9. The van der Waals surface area contributed by atoms with E-state index in [0.29, 0.717) is 0 Å². The fourth-order valence-corrected chi connectivity index (χ4v) is 2.36. The van der Waals surface area contributed by atoms with E-state index in [-0.39, 0.29) is 6.04 Å². The smallest absolute Gasteiger partial charge is 0.137 e. The molecule has 1 N–H and O–H groups in total. The molecule has 0 fully saturated rings. The number of nitrogens with one attached hydrogen (secondary N) is 1. The number of aryl methyl sites for hydroxylation is 2. The Labute approximate surface area is 114 Å². The molecule has 0 spiro atoms. The third-order valence-corrected chi connectivity index (χ3v) is 3.33. The van der Waals surface area contributed by atoms with Gasteiger partial charge in [0.05, 0.1) is 19.3 Å². The van der Waals surface area contributed by atoms with Crippen LogP contribution >= 0.6 is 0 Å². The van der Waals surface area contributed by atoms with Crippen molar-refractivity contribution in [1.82, 2.24) is 10.3 Å². The number of aromatic nitrogens is 1. The molecule has 0 aliphatic carbocycles. The Balaban J connectivity index is 2.43.